The van der Waals surface area contributed by atoms with Crippen molar-refractivity contribution in [3.8, 4) is 0 Å². The third kappa shape index (κ3) is 2.21. The molecule has 3 rings (SSSR count). The maximum absolute atomic E-state index is 11.6. The lowest BCUT2D eigenvalue weighted by molar-refractivity contribution is -0.133. The minimum Gasteiger partial charge on any atom is -0.299 e. The molecule has 0 aromatic heterocycles. The molecule has 1 saturated carbocycles. The molecule has 0 amide bonds. The van der Waals surface area contributed by atoms with Gasteiger partial charge in [-0.2, -0.15) is 0 Å². The predicted octanol–water partition coefficient (Wildman–Crippen LogP) is 4.04. The first-order valence-corrected chi connectivity index (χ1v) is 6.90. The van der Waals surface area contributed by atoms with Crippen molar-refractivity contribution in [3.63, 3.8) is 0 Å². The molecule has 0 unspecified atom stereocenters. The van der Waals surface area contributed by atoms with Gasteiger partial charge in [0, 0.05) is 18.3 Å². The maximum atomic E-state index is 11.6. The highest BCUT2D eigenvalue weighted by Crippen LogP contribution is 2.44. The third-order valence-electron chi connectivity index (χ3n) is 4.33. The highest BCUT2D eigenvalue weighted by Gasteiger charge is 2.41. The molecule has 0 heterocycles. The summed E-state index contributed by atoms with van der Waals surface area (Å²) in [7, 11) is 0. The number of hydrogen-bond donors (Lipinski definition) is 0. The fourth-order valence-electron chi connectivity index (χ4n) is 3.09. The highest BCUT2D eigenvalue weighted by atomic mass is 16.1. The molecule has 0 bridgehead atoms. The Labute approximate surface area is 114 Å². The maximum Gasteiger partial charge on any atom is 0.136 e. The van der Waals surface area contributed by atoms with Crippen LogP contribution in [0.1, 0.15) is 30.4 Å². The summed E-state index contributed by atoms with van der Waals surface area (Å²) in [4.78, 5) is 11.6. The number of benzene rings is 2. The van der Waals surface area contributed by atoms with Gasteiger partial charge in [-0.1, -0.05) is 67.6 Å². The SMILES string of the molecule is C[C@H]1C(=O)C[C@H]1C(c1ccccc1)c1ccccc1. The van der Waals surface area contributed by atoms with Gasteiger partial charge in [0.25, 0.3) is 0 Å². The Kier molecular flexibility index (Phi) is 3.20. The lowest BCUT2D eigenvalue weighted by atomic mass is 9.63. The topological polar surface area (TPSA) is 17.1 Å². The number of hydrogen-bond acceptors (Lipinski definition) is 1. The second kappa shape index (κ2) is 5.00. The number of carbonyl (C=O) groups is 1. The lowest BCUT2D eigenvalue weighted by Crippen LogP contribution is -2.39. The van der Waals surface area contributed by atoms with Gasteiger partial charge < -0.3 is 0 Å². The molecule has 0 saturated heterocycles. The molecule has 2 aromatic carbocycles. The molecule has 1 fully saturated rings. The van der Waals surface area contributed by atoms with Gasteiger partial charge in [-0.05, 0) is 17.0 Å². The van der Waals surface area contributed by atoms with Crippen molar-refractivity contribution in [1.29, 1.82) is 0 Å². The van der Waals surface area contributed by atoms with Crippen LogP contribution >= 0.6 is 0 Å². The van der Waals surface area contributed by atoms with E-state index < -0.39 is 0 Å². The van der Waals surface area contributed by atoms with E-state index in [2.05, 4.69) is 55.5 Å². The summed E-state index contributed by atoms with van der Waals surface area (Å²) in [5.41, 5.74) is 2.64. The monoisotopic (exact) mass is 250 g/mol. The molecule has 19 heavy (non-hydrogen) atoms. The summed E-state index contributed by atoms with van der Waals surface area (Å²) in [6.45, 7) is 2.06. The van der Waals surface area contributed by atoms with E-state index in [4.69, 9.17) is 0 Å². The Hall–Kier alpha value is -1.89. The lowest BCUT2D eigenvalue weighted by Gasteiger charge is -2.39. The average Bonchev–Trinajstić information content (AvgIpc) is 2.49. The summed E-state index contributed by atoms with van der Waals surface area (Å²) in [5, 5.41) is 0. The van der Waals surface area contributed by atoms with Crippen molar-refractivity contribution < 1.29 is 4.79 Å². The number of carbonyl (C=O) groups excluding carboxylic acids is 1. The van der Waals surface area contributed by atoms with Gasteiger partial charge in [-0.15, -0.1) is 0 Å². The minimum atomic E-state index is 0.186. The molecule has 1 aliphatic rings. The van der Waals surface area contributed by atoms with Crippen molar-refractivity contribution in [1.82, 2.24) is 0 Å². The van der Waals surface area contributed by atoms with Crippen LogP contribution in [-0.4, -0.2) is 5.78 Å². The normalized spacial score (nSPS) is 22.3. The highest BCUT2D eigenvalue weighted by molar-refractivity contribution is 5.87. The van der Waals surface area contributed by atoms with Crippen LogP contribution in [0.15, 0.2) is 60.7 Å². The summed E-state index contributed by atoms with van der Waals surface area (Å²) in [5.74, 6) is 1.37. The van der Waals surface area contributed by atoms with E-state index in [0.717, 1.165) is 6.42 Å². The van der Waals surface area contributed by atoms with Crippen LogP contribution in [0.4, 0.5) is 0 Å². The molecule has 0 aliphatic heterocycles. The van der Waals surface area contributed by atoms with E-state index >= 15 is 0 Å². The molecule has 0 radical (unpaired) electrons. The molecule has 1 heteroatoms. The van der Waals surface area contributed by atoms with E-state index in [9.17, 15) is 4.79 Å². The Morgan fingerprint density at radius 2 is 1.37 bits per heavy atom. The van der Waals surface area contributed by atoms with E-state index in [1.54, 1.807) is 0 Å². The van der Waals surface area contributed by atoms with Crippen LogP contribution in [0, 0.1) is 11.8 Å². The summed E-state index contributed by atoms with van der Waals surface area (Å²) in [6, 6.07) is 21.1. The molecule has 2 aromatic rings. The zero-order chi connectivity index (χ0) is 13.2. The first-order chi connectivity index (χ1) is 9.27. The zero-order valence-electron chi connectivity index (χ0n) is 11.1. The molecule has 0 N–H and O–H groups in total. The van der Waals surface area contributed by atoms with Crippen molar-refractivity contribution >= 4 is 5.78 Å². The van der Waals surface area contributed by atoms with Crippen LogP contribution < -0.4 is 0 Å². The van der Waals surface area contributed by atoms with Crippen LogP contribution in [0.5, 0.6) is 0 Å². The smallest absolute Gasteiger partial charge is 0.136 e. The van der Waals surface area contributed by atoms with Gasteiger partial charge in [0.05, 0.1) is 0 Å². The Bertz CT molecular complexity index is 519. The summed E-state index contributed by atoms with van der Waals surface area (Å²) >= 11 is 0. The fraction of sp³-hybridized carbons (Fsp3) is 0.278. The fourth-order valence-corrected chi connectivity index (χ4v) is 3.09. The molecule has 2 atom stereocenters. The van der Waals surface area contributed by atoms with Gasteiger partial charge in [-0.25, -0.2) is 0 Å². The quantitative estimate of drug-likeness (QED) is 0.803. The van der Waals surface area contributed by atoms with Crippen LogP contribution in [-0.2, 0) is 4.79 Å². The second-order valence-electron chi connectivity index (χ2n) is 5.42. The van der Waals surface area contributed by atoms with E-state index in [-0.39, 0.29) is 5.92 Å². The van der Waals surface area contributed by atoms with Gasteiger partial charge in [0.1, 0.15) is 5.78 Å². The molecule has 1 nitrogen and oxygen atoms in total. The predicted molar refractivity (Wildman–Crippen MR) is 77.0 cm³/mol. The van der Waals surface area contributed by atoms with Crippen molar-refractivity contribution in [2.75, 3.05) is 0 Å². The van der Waals surface area contributed by atoms with Crippen LogP contribution in [0.25, 0.3) is 0 Å². The van der Waals surface area contributed by atoms with Gasteiger partial charge in [0.15, 0.2) is 0 Å². The van der Waals surface area contributed by atoms with Gasteiger partial charge >= 0.3 is 0 Å². The van der Waals surface area contributed by atoms with Crippen molar-refractivity contribution in [3.05, 3.63) is 71.8 Å². The zero-order valence-corrected chi connectivity index (χ0v) is 11.1. The van der Waals surface area contributed by atoms with Crippen molar-refractivity contribution in [2.24, 2.45) is 11.8 Å². The molecular formula is C18H18O. The van der Waals surface area contributed by atoms with Crippen LogP contribution in [0.3, 0.4) is 0 Å². The largest absolute Gasteiger partial charge is 0.299 e. The number of rotatable bonds is 3. The summed E-state index contributed by atoms with van der Waals surface area (Å²) < 4.78 is 0. The van der Waals surface area contributed by atoms with Crippen molar-refractivity contribution in [2.45, 2.75) is 19.3 Å². The minimum absolute atomic E-state index is 0.186. The molecule has 1 aliphatic carbocycles. The Morgan fingerprint density at radius 1 is 0.895 bits per heavy atom. The molecule has 0 spiro atoms. The standard InChI is InChI=1S/C18H18O/c1-13-16(12-17(13)19)18(14-8-4-2-5-9-14)15-10-6-3-7-11-15/h2-11,13,16,18H,12H2,1H3/t13-,16-/m1/s1. The molecular weight excluding hydrogens is 232 g/mol. The Balaban J connectivity index is 2.00. The van der Waals surface area contributed by atoms with E-state index in [1.807, 2.05) is 12.1 Å². The van der Waals surface area contributed by atoms with Gasteiger partial charge in [0.2, 0.25) is 0 Å². The number of ketones is 1. The van der Waals surface area contributed by atoms with E-state index in [0.29, 0.717) is 17.6 Å². The van der Waals surface area contributed by atoms with E-state index in [1.165, 1.54) is 11.1 Å². The average molecular weight is 250 g/mol. The van der Waals surface area contributed by atoms with Gasteiger partial charge in [-0.3, -0.25) is 4.79 Å². The first kappa shape index (κ1) is 12.2. The van der Waals surface area contributed by atoms with Crippen LogP contribution in [0.2, 0.25) is 0 Å². The molecule has 96 valence electrons. The summed E-state index contributed by atoms with van der Waals surface area (Å²) in [6.07, 6.45) is 0.718. The second-order valence-corrected chi connectivity index (χ2v) is 5.42. The Morgan fingerprint density at radius 3 is 1.74 bits per heavy atom. The third-order valence-corrected chi connectivity index (χ3v) is 4.33. The first-order valence-electron chi connectivity index (χ1n) is 6.90. The number of Topliss-reactive ketones (excluding diaryl/α,β-unsaturated/α-hetero) is 1.